The maximum absolute atomic E-state index is 11.9. The monoisotopic (exact) mass is 330 g/mol. The second-order valence-corrected chi connectivity index (χ2v) is 6.79. The first-order valence-electron chi connectivity index (χ1n) is 6.41. The quantitative estimate of drug-likeness (QED) is 0.790. The van der Waals surface area contributed by atoms with Gasteiger partial charge in [-0.25, -0.2) is 9.59 Å². The fourth-order valence-corrected chi connectivity index (χ4v) is 3.68. The van der Waals surface area contributed by atoms with Crippen LogP contribution in [0.1, 0.15) is 23.2 Å². The number of hydrogen-bond acceptors (Lipinski definition) is 3. The second-order valence-electron chi connectivity index (χ2n) is 4.69. The maximum atomic E-state index is 11.9. The first kappa shape index (κ1) is 15.8. The number of nitrogens with one attached hydrogen (secondary N) is 2. The molecular weight excluding hydrogens is 316 g/mol. The largest absolute Gasteiger partial charge is 0.478 e. The van der Waals surface area contributed by atoms with E-state index in [-0.39, 0.29) is 22.3 Å². The number of halogens is 1. The van der Waals surface area contributed by atoms with Gasteiger partial charge in [0.1, 0.15) is 5.56 Å². The molecule has 6 nitrogen and oxygen atoms in total. The highest BCUT2D eigenvalue weighted by Crippen LogP contribution is 2.24. The Morgan fingerprint density at radius 3 is 2.57 bits per heavy atom. The summed E-state index contributed by atoms with van der Waals surface area (Å²) in [7, 11) is -0.793. The lowest BCUT2D eigenvalue weighted by Crippen LogP contribution is -2.41. The van der Waals surface area contributed by atoms with E-state index in [9.17, 15) is 13.8 Å². The molecule has 1 saturated heterocycles. The van der Waals surface area contributed by atoms with Gasteiger partial charge in [-0.2, -0.15) is 0 Å². The first-order valence-corrected chi connectivity index (χ1v) is 8.28. The molecule has 0 aromatic heterocycles. The number of benzene rings is 1. The zero-order valence-electron chi connectivity index (χ0n) is 11.1. The molecule has 1 aromatic carbocycles. The highest BCUT2D eigenvalue weighted by molar-refractivity contribution is 7.85. The number of anilines is 1. The van der Waals surface area contributed by atoms with Crippen molar-refractivity contribution in [3.05, 3.63) is 28.8 Å². The van der Waals surface area contributed by atoms with Crippen LogP contribution in [0, 0.1) is 0 Å². The van der Waals surface area contributed by atoms with E-state index in [0.29, 0.717) is 24.3 Å². The first-order chi connectivity index (χ1) is 9.97. The van der Waals surface area contributed by atoms with Crippen LogP contribution in [-0.2, 0) is 10.8 Å². The number of rotatable bonds is 3. The van der Waals surface area contributed by atoms with E-state index < -0.39 is 22.8 Å². The van der Waals surface area contributed by atoms with Gasteiger partial charge in [0.05, 0.1) is 10.7 Å². The minimum absolute atomic E-state index is 0.0461. The van der Waals surface area contributed by atoms with Crippen LogP contribution in [-0.4, -0.2) is 38.9 Å². The average Bonchev–Trinajstić information content (AvgIpc) is 2.41. The molecule has 1 fully saturated rings. The number of carbonyl (C=O) groups excluding carboxylic acids is 1. The summed E-state index contributed by atoms with van der Waals surface area (Å²) >= 11 is 5.83. The van der Waals surface area contributed by atoms with Gasteiger partial charge in [0.15, 0.2) is 0 Å². The predicted molar refractivity (Wildman–Crippen MR) is 81.5 cm³/mol. The molecule has 1 aliphatic heterocycles. The standard InChI is InChI=1S/C13H15ClN2O4S/c14-9-2-1-3-10(11(9)12(17)18)16-13(19)15-8-4-6-21(20)7-5-8/h1-3,8H,4-7H2,(H,17,18)(H2,15,16,19). The third kappa shape index (κ3) is 4.18. The van der Waals surface area contributed by atoms with Crippen molar-refractivity contribution in [2.45, 2.75) is 18.9 Å². The Morgan fingerprint density at radius 2 is 1.95 bits per heavy atom. The van der Waals surface area contributed by atoms with Crippen molar-refractivity contribution >= 4 is 40.1 Å². The summed E-state index contributed by atoms with van der Waals surface area (Å²) in [5.41, 5.74) is 0.00551. The van der Waals surface area contributed by atoms with Crippen molar-refractivity contribution in [2.75, 3.05) is 16.8 Å². The van der Waals surface area contributed by atoms with Crippen LogP contribution >= 0.6 is 11.6 Å². The van der Waals surface area contributed by atoms with Gasteiger partial charge in [-0.15, -0.1) is 0 Å². The number of hydrogen-bond donors (Lipinski definition) is 3. The van der Waals surface area contributed by atoms with E-state index in [1.807, 2.05) is 0 Å². The van der Waals surface area contributed by atoms with E-state index in [2.05, 4.69) is 10.6 Å². The smallest absolute Gasteiger partial charge is 0.339 e. The van der Waals surface area contributed by atoms with E-state index in [0.717, 1.165) is 0 Å². The number of aromatic carboxylic acids is 1. The number of carboxylic acid groups (broad SMARTS) is 1. The SMILES string of the molecule is O=C(Nc1cccc(Cl)c1C(=O)O)NC1CCS(=O)CC1. The molecule has 8 heteroatoms. The zero-order valence-corrected chi connectivity index (χ0v) is 12.7. The predicted octanol–water partition coefficient (Wildman–Crippen LogP) is 2.07. The summed E-state index contributed by atoms with van der Waals surface area (Å²) in [6.45, 7) is 0. The molecule has 1 heterocycles. The molecule has 1 aromatic rings. The van der Waals surface area contributed by atoms with Crippen LogP contribution in [0.2, 0.25) is 5.02 Å². The van der Waals surface area contributed by atoms with Gasteiger partial charge in [0.25, 0.3) is 0 Å². The summed E-state index contributed by atoms with van der Waals surface area (Å²) in [4.78, 5) is 23.1. The fraction of sp³-hybridized carbons (Fsp3) is 0.385. The lowest BCUT2D eigenvalue weighted by Gasteiger charge is -2.22. The number of amides is 2. The van der Waals surface area contributed by atoms with E-state index in [1.165, 1.54) is 12.1 Å². The normalized spacial score (nSPS) is 21.6. The highest BCUT2D eigenvalue weighted by atomic mass is 35.5. The third-order valence-electron chi connectivity index (χ3n) is 3.20. The highest BCUT2D eigenvalue weighted by Gasteiger charge is 2.21. The molecule has 0 spiro atoms. The van der Waals surface area contributed by atoms with Gasteiger partial charge in [0, 0.05) is 28.3 Å². The van der Waals surface area contributed by atoms with Crippen molar-refractivity contribution in [1.29, 1.82) is 0 Å². The van der Waals surface area contributed by atoms with Crippen LogP contribution in [0.5, 0.6) is 0 Å². The molecule has 0 radical (unpaired) electrons. The molecule has 2 amide bonds. The Morgan fingerprint density at radius 1 is 1.29 bits per heavy atom. The zero-order chi connectivity index (χ0) is 15.4. The average molecular weight is 331 g/mol. The lowest BCUT2D eigenvalue weighted by atomic mass is 10.1. The minimum atomic E-state index is -1.20. The van der Waals surface area contributed by atoms with Crippen molar-refractivity contribution in [2.24, 2.45) is 0 Å². The van der Waals surface area contributed by atoms with E-state index >= 15 is 0 Å². The van der Waals surface area contributed by atoms with Crippen molar-refractivity contribution < 1.29 is 18.9 Å². The van der Waals surface area contributed by atoms with Crippen LogP contribution in [0.3, 0.4) is 0 Å². The molecule has 0 aliphatic carbocycles. The lowest BCUT2D eigenvalue weighted by molar-refractivity contribution is 0.0698. The van der Waals surface area contributed by atoms with Crippen LogP contribution in [0.4, 0.5) is 10.5 Å². The summed E-state index contributed by atoms with van der Waals surface area (Å²) in [5.74, 6) is -0.0608. The van der Waals surface area contributed by atoms with Gasteiger partial charge in [-0.3, -0.25) is 4.21 Å². The maximum Gasteiger partial charge on any atom is 0.339 e. The summed E-state index contributed by atoms with van der Waals surface area (Å²) in [6.07, 6.45) is 1.31. The molecule has 0 atom stereocenters. The Labute approximate surface area is 129 Å². The second kappa shape index (κ2) is 6.91. The van der Waals surface area contributed by atoms with Crippen LogP contribution in [0.25, 0.3) is 0 Å². The topological polar surface area (TPSA) is 95.5 Å². The van der Waals surface area contributed by atoms with Gasteiger partial charge in [-0.05, 0) is 25.0 Å². The Bertz CT molecular complexity index is 584. The third-order valence-corrected chi connectivity index (χ3v) is 4.90. The summed E-state index contributed by atoms with van der Waals surface area (Å²) < 4.78 is 11.2. The van der Waals surface area contributed by atoms with Gasteiger partial charge >= 0.3 is 12.0 Å². The molecule has 2 rings (SSSR count). The Hall–Kier alpha value is -1.60. The molecule has 21 heavy (non-hydrogen) atoms. The van der Waals surface area contributed by atoms with E-state index in [4.69, 9.17) is 16.7 Å². The Balaban J connectivity index is 2.01. The number of carboxylic acids is 1. The van der Waals surface area contributed by atoms with Crippen LogP contribution < -0.4 is 10.6 Å². The molecular formula is C13H15ClN2O4S. The fourth-order valence-electron chi connectivity index (χ4n) is 2.13. The molecule has 1 aliphatic rings. The van der Waals surface area contributed by atoms with Crippen molar-refractivity contribution in [3.63, 3.8) is 0 Å². The van der Waals surface area contributed by atoms with Crippen molar-refractivity contribution in [3.8, 4) is 0 Å². The van der Waals surface area contributed by atoms with Gasteiger partial charge < -0.3 is 15.7 Å². The van der Waals surface area contributed by atoms with Crippen molar-refractivity contribution in [1.82, 2.24) is 5.32 Å². The van der Waals surface area contributed by atoms with E-state index in [1.54, 1.807) is 6.07 Å². The number of carbonyl (C=O) groups is 2. The van der Waals surface area contributed by atoms with Crippen LogP contribution in [0.15, 0.2) is 18.2 Å². The molecule has 0 unspecified atom stereocenters. The van der Waals surface area contributed by atoms with Gasteiger partial charge in [-0.1, -0.05) is 17.7 Å². The summed E-state index contributed by atoms with van der Waals surface area (Å²) in [5, 5.41) is 14.4. The molecule has 114 valence electrons. The summed E-state index contributed by atoms with van der Waals surface area (Å²) in [6, 6.07) is 3.95. The minimum Gasteiger partial charge on any atom is -0.478 e. The molecule has 3 N–H and O–H groups in total. The Kier molecular flexibility index (Phi) is 5.19. The molecule has 0 bridgehead atoms. The number of urea groups is 1. The van der Waals surface area contributed by atoms with Gasteiger partial charge in [0.2, 0.25) is 0 Å². The molecule has 0 saturated carbocycles.